The van der Waals surface area contributed by atoms with Crippen molar-refractivity contribution in [1.29, 1.82) is 0 Å². The van der Waals surface area contributed by atoms with E-state index >= 15 is 0 Å². The largest absolute Gasteiger partial charge is 0.356 e. The highest BCUT2D eigenvalue weighted by atomic mass is 35.5. The van der Waals surface area contributed by atoms with E-state index in [-0.39, 0.29) is 5.91 Å². The van der Waals surface area contributed by atoms with E-state index in [0.717, 1.165) is 43.7 Å². The predicted octanol–water partition coefficient (Wildman–Crippen LogP) is 3.65. The molecule has 1 saturated heterocycles. The molecule has 0 radical (unpaired) electrons. The second-order valence-electron chi connectivity index (χ2n) is 5.85. The van der Waals surface area contributed by atoms with Crippen molar-refractivity contribution in [3.63, 3.8) is 0 Å². The lowest BCUT2D eigenvalue weighted by Gasteiger charge is -2.33. The van der Waals surface area contributed by atoms with Crippen molar-refractivity contribution in [2.45, 2.75) is 33.2 Å². The van der Waals surface area contributed by atoms with Gasteiger partial charge in [-0.2, -0.15) is 0 Å². The monoisotopic (exact) mass is 328 g/mol. The van der Waals surface area contributed by atoms with E-state index in [1.807, 2.05) is 13.0 Å². The third kappa shape index (κ3) is 4.60. The number of hydrogen-bond donors (Lipinski definition) is 1. The van der Waals surface area contributed by atoms with Gasteiger partial charge < -0.3 is 5.32 Å². The Labute approximate surface area is 136 Å². The fourth-order valence-corrected chi connectivity index (χ4v) is 3.25. The van der Waals surface area contributed by atoms with Gasteiger partial charge in [-0.15, -0.1) is 0 Å². The Morgan fingerprint density at radius 2 is 2.14 bits per heavy atom. The molecule has 1 aliphatic rings. The van der Waals surface area contributed by atoms with Crippen LogP contribution in [0.25, 0.3) is 0 Å². The Balaban J connectivity index is 1.96. The van der Waals surface area contributed by atoms with E-state index < -0.39 is 0 Å². The van der Waals surface area contributed by atoms with Crippen LogP contribution in [-0.2, 0) is 11.3 Å². The number of benzene rings is 1. The molecule has 1 atom stereocenters. The van der Waals surface area contributed by atoms with Gasteiger partial charge in [-0.1, -0.05) is 35.3 Å². The lowest BCUT2D eigenvalue weighted by Crippen LogP contribution is -2.40. The third-order valence-electron chi connectivity index (χ3n) is 3.99. The number of hydrogen-bond acceptors (Lipinski definition) is 2. The van der Waals surface area contributed by atoms with Crippen LogP contribution in [-0.4, -0.2) is 30.4 Å². The number of nitrogens with zero attached hydrogens (tertiary/aromatic N) is 1. The molecule has 21 heavy (non-hydrogen) atoms. The van der Waals surface area contributed by atoms with Gasteiger partial charge in [0.15, 0.2) is 0 Å². The second kappa shape index (κ2) is 7.48. The Kier molecular flexibility index (Phi) is 5.91. The van der Waals surface area contributed by atoms with Gasteiger partial charge in [0, 0.05) is 26.6 Å². The topological polar surface area (TPSA) is 32.3 Å². The van der Waals surface area contributed by atoms with Gasteiger partial charge >= 0.3 is 0 Å². The number of likely N-dealkylation sites (tertiary alicyclic amines) is 1. The highest BCUT2D eigenvalue weighted by Crippen LogP contribution is 2.30. The highest BCUT2D eigenvalue weighted by Gasteiger charge is 2.21. The fourth-order valence-electron chi connectivity index (χ4n) is 2.80. The molecule has 0 unspecified atom stereocenters. The first-order chi connectivity index (χ1) is 9.97. The molecule has 1 aromatic carbocycles. The SMILES string of the molecule is CC(=O)NC[C@@H]1CCCN(Cc2ccc(C)c(Cl)c2Cl)C1. The van der Waals surface area contributed by atoms with Gasteiger partial charge in [0.2, 0.25) is 5.91 Å². The van der Waals surface area contributed by atoms with Gasteiger partial charge in [-0.3, -0.25) is 9.69 Å². The maximum atomic E-state index is 11.0. The van der Waals surface area contributed by atoms with E-state index in [0.29, 0.717) is 16.0 Å². The van der Waals surface area contributed by atoms with Gasteiger partial charge in [-0.05, 0) is 43.4 Å². The summed E-state index contributed by atoms with van der Waals surface area (Å²) in [5, 5.41) is 4.24. The van der Waals surface area contributed by atoms with Crippen molar-refractivity contribution in [3.8, 4) is 0 Å². The number of halogens is 2. The average Bonchev–Trinajstić information content (AvgIpc) is 2.46. The molecule has 116 valence electrons. The molecule has 1 fully saturated rings. The van der Waals surface area contributed by atoms with Crippen LogP contribution in [0.4, 0.5) is 0 Å². The van der Waals surface area contributed by atoms with Crippen LogP contribution in [0, 0.1) is 12.8 Å². The Hall–Kier alpha value is -0.770. The van der Waals surface area contributed by atoms with Gasteiger partial charge in [0.05, 0.1) is 10.0 Å². The standard InChI is InChI=1S/C16H22Cl2N2O/c1-11-5-6-14(16(18)15(11)17)10-20-7-3-4-13(9-20)8-19-12(2)21/h5-6,13H,3-4,7-10H2,1-2H3,(H,19,21)/t13-/m0/s1. The molecule has 0 aromatic heterocycles. The second-order valence-corrected chi connectivity index (χ2v) is 6.61. The maximum Gasteiger partial charge on any atom is 0.216 e. The number of amides is 1. The zero-order valence-corrected chi connectivity index (χ0v) is 14.1. The molecule has 1 amide bonds. The number of piperidine rings is 1. The Morgan fingerprint density at radius 3 is 2.86 bits per heavy atom. The molecule has 1 aliphatic heterocycles. The number of aryl methyl sites for hydroxylation is 1. The summed E-state index contributed by atoms with van der Waals surface area (Å²) in [6, 6.07) is 4.07. The summed E-state index contributed by atoms with van der Waals surface area (Å²) in [6.07, 6.45) is 2.32. The predicted molar refractivity (Wildman–Crippen MR) is 87.9 cm³/mol. The summed E-state index contributed by atoms with van der Waals surface area (Å²) >= 11 is 12.6. The summed E-state index contributed by atoms with van der Waals surface area (Å²) in [5.41, 5.74) is 2.08. The van der Waals surface area contributed by atoms with Crippen molar-refractivity contribution in [1.82, 2.24) is 10.2 Å². The molecule has 1 aromatic rings. The summed E-state index contributed by atoms with van der Waals surface area (Å²) < 4.78 is 0. The van der Waals surface area contributed by atoms with Crippen LogP contribution >= 0.6 is 23.2 Å². The van der Waals surface area contributed by atoms with Crippen LogP contribution in [0.1, 0.15) is 30.9 Å². The lowest BCUT2D eigenvalue weighted by atomic mass is 9.97. The van der Waals surface area contributed by atoms with E-state index in [1.165, 1.54) is 6.42 Å². The maximum absolute atomic E-state index is 11.0. The van der Waals surface area contributed by atoms with Gasteiger partial charge in [-0.25, -0.2) is 0 Å². The fraction of sp³-hybridized carbons (Fsp3) is 0.562. The van der Waals surface area contributed by atoms with Crippen LogP contribution in [0.3, 0.4) is 0 Å². The van der Waals surface area contributed by atoms with Crippen LogP contribution in [0.5, 0.6) is 0 Å². The zero-order chi connectivity index (χ0) is 15.4. The number of carbonyl (C=O) groups excluding carboxylic acids is 1. The van der Waals surface area contributed by atoms with E-state index in [2.05, 4.69) is 16.3 Å². The molecular formula is C16H22Cl2N2O. The van der Waals surface area contributed by atoms with E-state index in [9.17, 15) is 4.79 Å². The minimum atomic E-state index is 0.0421. The van der Waals surface area contributed by atoms with E-state index in [4.69, 9.17) is 23.2 Å². The third-order valence-corrected chi connectivity index (χ3v) is 5.01. The van der Waals surface area contributed by atoms with Gasteiger partial charge in [0.1, 0.15) is 0 Å². The molecule has 0 spiro atoms. The van der Waals surface area contributed by atoms with E-state index in [1.54, 1.807) is 6.92 Å². The summed E-state index contributed by atoms with van der Waals surface area (Å²) in [5.74, 6) is 0.558. The summed E-state index contributed by atoms with van der Waals surface area (Å²) in [6.45, 7) is 7.15. The minimum absolute atomic E-state index is 0.0421. The highest BCUT2D eigenvalue weighted by molar-refractivity contribution is 6.42. The van der Waals surface area contributed by atoms with Crippen LogP contribution < -0.4 is 5.32 Å². The molecule has 0 saturated carbocycles. The first-order valence-corrected chi connectivity index (χ1v) is 8.13. The molecule has 1 N–H and O–H groups in total. The van der Waals surface area contributed by atoms with Crippen molar-refractivity contribution in [3.05, 3.63) is 33.3 Å². The Morgan fingerprint density at radius 1 is 1.38 bits per heavy atom. The molecule has 5 heteroatoms. The molecule has 2 rings (SSSR count). The quantitative estimate of drug-likeness (QED) is 0.914. The first-order valence-electron chi connectivity index (χ1n) is 7.37. The Bertz CT molecular complexity index is 519. The zero-order valence-electron chi connectivity index (χ0n) is 12.6. The van der Waals surface area contributed by atoms with Gasteiger partial charge in [0.25, 0.3) is 0 Å². The van der Waals surface area contributed by atoms with Crippen molar-refractivity contribution in [2.75, 3.05) is 19.6 Å². The summed E-state index contributed by atoms with van der Waals surface area (Å²) in [7, 11) is 0. The van der Waals surface area contributed by atoms with Crippen LogP contribution in [0.2, 0.25) is 10.0 Å². The summed E-state index contributed by atoms with van der Waals surface area (Å²) in [4.78, 5) is 13.4. The first kappa shape index (κ1) is 16.6. The van der Waals surface area contributed by atoms with Crippen LogP contribution in [0.15, 0.2) is 12.1 Å². The molecular weight excluding hydrogens is 307 g/mol. The normalized spacial score (nSPS) is 19.5. The smallest absolute Gasteiger partial charge is 0.216 e. The number of nitrogens with one attached hydrogen (secondary N) is 1. The minimum Gasteiger partial charge on any atom is -0.356 e. The molecule has 0 bridgehead atoms. The van der Waals surface area contributed by atoms with Crippen molar-refractivity contribution in [2.24, 2.45) is 5.92 Å². The number of carbonyl (C=O) groups is 1. The number of rotatable bonds is 4. The molecule has 3 nitrogen and oxygen atoms in total. The molecule has 0 aliphatic carbocycles. The van der Waals surface area contributed by atoms with Crippen molar-refractivity contribution >= 4 is 29.1 Å². The van der Waals surface area contributed by atoms with Crippen molar-refractivity contribution < 1.29 is 4.79 Å². The molecule has 1 heterocycles. The lowest BCUT2D eigenvalue weighted by molar-refractivity contribution is -0.119. The average molecular weight is 329 g/mol.